The van der Waals surface area contributed by atoms with E-state index in [4.69, 9.17) is 4.74 Å². The lowest BCUT2D eigenvalue weighted by atomic mass is 9.74. The number of rotatable bonds is 11. The number of fused-ring (bicyclic) bond motifs is 3. The van der Waals surface area contributed by atoms with Crippen molar-refractivity contribution in [2.75, 3.05) is 23.7 Å². The fourth-order valence-corrected chi connectivity index (χ4v) is 8.55. The predicted octanol–water partition coefficient (Wildman–Crippen LogP) is 10.4. The van der Waals surface area contributed by atoms with Crippen molar-refractivity contribution in [2.24, 2.45) is 11.3 Å². The van der Waals surface area contributed by atoms with Crippen LogP contribution in [0.5, 0.6) is 5.75 Å². The molecule has 0 saturated carbocycles. The van der Waals surface area contributed by atoms with E-state index < -0.39 is 10.1 Å². The fraction of sp³-hybridized carbons (Fsp3) is 0.512. The molecule has 1 unspecified atom stereocenters. The largest absolute Gasteiger partial charge is 0.460 e. The van der Waals surface area contributed by atoms with Gasteiger partial charge in [0.2, 0.25) is 5.69 Å². The quantitative estimate of drug-likeness (QED) is 0.187. The van der Waals surface area contributed by atoms with Gasteiger partial charge in [0.25, 0.3) is 10.1 Å². The molecule has 2 aromatic carbocycles. The number of anilines is 1. The first kappa shape index (κ1) is 37.8. The molecule has 50 heavy (non-hydrogen) atoms. The molecule has 0 saturated heterocycles. The Balaban J connectivity index is 1.65. The molecule has 3 heterocycles. The molecule has 0 aromatic heterocycles. The second kappa shape index (κ2) is 14.0. The van der Waals surface area contributed by atoms with Crippen LogP contribution < -0.4 is 9.64 Å². The average molecular weight is 700 g/mol. The van der Waals surface area contributed by atoms with E-state index in [9.17, 15) is 13.0 Å². The van der Waals surface area contributed by atoms with Crippen LogP contribution in [0.1, 0.15) is 117 Å². The molecule has 0 amide bonds. The summed E-state index contributed by atoms with van der Waals surface area (Å²) in [6.45, 7) is 25.9. The van der Waals surface area contributed by atoms with E-state index in [1.54, 1.807) is 0 Å². The minimum Gasteiger partial charge on any atom is -0.460 e. The molecule has 5 rings (SSSR count). The van der Waals surface area contributed by atoms with Crippen LogP contribution in [-0.4, -0.2) is 47.6 Å². The Hall–Kier alpha value is -3.42. The molecule has 1 N–H and O–H groups in total. The van der Waals surface area contributed by atoms with Crippen molar-refractivity contribution in [1.29, 1.82) is 0 Å². The standard InChI is InChI=1S/C43H58N2O4S/c1-12-45-36-27-38-34(26-33(36)31(5)28-42(45,9)10)32(25-40(49-38)41(6,7)8)17-13-18-39-43(11,21-14-16-29(2)3)35-20-19-30(4)24-37(35)44(39)22-15-23-50(46,47)48/h13,17-20,24-29H,12,14-16,21-23H2,1-11H3/p+1. The van der Waals surface area contributed by atoms with E-state index in [1.165, 1.54) is 22.4 Å². The van der Waals surface area contributed by atoms with Gasteiger partial charge in [-0.05, 0) is 82.7 Å². The monoisotopic (exact) mass is 699 g/mol. The Labute approximate surface area is 302 Å². The molecule has 0 fully saturated rings. The first-order chi connectivity index (χ1) is 23.2. The Morgan fingerprint density at radius 2 is 1.76 bits per heavy atom. The molecule has 0 spiro atoms. The molecule has 2 aromatic rings. The number of nitrogens with zero attached hydrogens (tertiary/aromatic N) is 2. The maximum Gasteiger partial charge on any atom is 0.265 e. The zero-order chi connectivity index (χ0) is 36.8. The number of allylic oxidation sites excluding steroid dienone is 7. The van der Waals surface area contributed by atoms with Crippen molar-refractivity contribution in [3.8, 4) is 5.75 Å². The lowest BCUT2D eigenvalue weighted by Gasteiger charge is -2.43. The molecule has 270 valence electrons. The van der Waals surface area contributed by atoms with Crippen LogP contribution in [0.15, 0.2) is 66.5 Å². The summed E-state index contributed by atoms with van der Waals surface area (Å²) in [5.41, 5.74) is 10.1. The molecule has 6 nitrogen and oxygen atoms in total. The van der Waals surface area contributed by atoms with E-state index >= 15 is 0 Å². The van der Waals surface area contributed by atoms with Crippen molar-refractivity contribution < 1.29 is 22.3 Å². The first-order valence-electron chi connectivity index (χ1n) is 18.4. The van der Waals surface area contributed by atoms with Gasteiger partial charge < -0.3 is 9.64 Å². The molecule has 0 radical (unpaired) electrons. The summed E-state index contributed by atoms with van der Waals surface area (Å²) in [5.74, 6) is 2.15. The van der Waals surface area contributed by atoms with E-state index in [-0.39, 0.29) is 22.1 Å². The predicted molar refractivity (Wildman–Crippen MR) is 211 cm³/mol. The van der Waals surface area contributed by atoms with Crippen LogP contribution in [0.25, 0.3) is 11.1 Å². The molecule has 7 heteroatoms. The maximum absolute atomic E-state index is 11.7. The number of likely N-dealkylation sites (N-methyl/N-ethyl adjacent to an activating group) is 1. The summed E-state index contributed by atoms with van der Waals surface area (Å²) in [4.78, 5) is 2.45. The fourth-order valence-electron chi connectivity index (χ4n) is 8.05. The van der Waals surface area contributed by atoms with Crippen LogP contribution in [0.2, 0.25) is 0 Å². The Kier molecular flexibility index (Phi) is 10.6. The lowest BCUT2D eigenvalue weighted by Crippen LogP contribution is -2.45. The summed E-state index contributed by atoms with van der Waals surface area (Å²) in [6.07, 6.45) is 14.7. The van der Waals surface area contributed by atoms with E-state index in [0.29, 0.717) is 18.9 Å². The van der Waals surface area contributed by atoms with Gasteiger partial charge in [-0.3, -0.25) is 4.55 Å². The van der Waals surface area contributed by atoms with Gasteiger partial charge in [-0.25, -0.2) is 0 Å². The van der Waals surface area contributed by atoms with Crippen LogP contribution in [-0.2, 0) is 15.5 Å². The molecule has 0 bridgehead atoms. The highest BCUT2D eigenvalue weighted by Crippen LogP contribution is 2.48. The second-order valence-electron chi connectivity index (χ2n) is 16.7. The van der Waals surface area contributed by atoms with Gasteiger partial charge in [0.15, 0.2) is 5.71 Å². The van der Waals surface area contributed by atoms with Crippen molar-refractivity contribution in [3.05, 3.63) is 88.7 Å². The van der Waals surface area contributed by atoms with E-state index in [0.717, 1.165) is 65.4 Å². The maximum atomic E-state index is 11.7. The van der Waals surface area contributed by atoms with Crippen molar-refractivity contribution in [3.63, 3.8) is 0 Å². The molecule has 3 aliphatic rings. The molecular weight excluding hydrogens is 641 g/mol. The average Bonchev–Trinajstić information content (AvgIpc) is 3.21. The van der Waals surface area contributed by atoms with E-state index in [2.05, 4.69) is 146 Å². The number of benzene rings is 2. The van der Waals surface area contributed by atoms with Gasteiger partial charge in [-0.1, -0.05) is 77.8 Å². The molecule has 1 atom stereocenters. The highest BCUT2D eigenvalue weighted by Gasteiger charge is 2.47. The number of hydrogen-bond donors (Lipinski definition) is 1. The van der Waals surface area contributed by atoms with Gasteiger partial charge in [0.05, 0.1) is 16.7 Å². The van der Waals surface area contributed by atoms with E-state index in [1.807, 2.05) is 0 Å². The summed E-state index contributed by atoms with van der Waals surface area (Å²) >= 11 is 0. The third-order valence-electron chi connectivity index (χ3n) is 10.6. The zero-order valence-electron chi connectivity index (χ0n) is 32.3. The van der Waals surface area contributed by atoms with Crippen LogP contribution in [0.4, 0.5) is 11.4 Å². The zero-order valence-corrected chi connectivity index (χ0v) is 33.1. The van der Waals surface area contributed by atoms with Gasteiger partial charge in [-0.2, -0.15) is 13.0 Å². The summed E-state index contributed by atoms with van der Waals surface area (Å²) in [5, 5.41) is 0. The summed E-state index contributed by atoms with van der Waals surface area (Å²) < 4.78 is 42.0. The number of aryl methyl sites for hydroxylation is 1. The number of hydrogen-bond acceptors (Lipinski definition) is 4. The highest BCUT2D eigenvalue weighted by atomic mass is 32.2. The van der Waals surface area contributed by atoms with Crippen LogP contribution in [0.3, 0.4) is 0 Å². The smallest absolute Gasteiger partial charge is 0.265 e. The first-order valence-corrected chi connectivity index (χ1v) is 20.0. The SMILES string of the molecule is CCN1c2cc3c(cc2C(C)=CC1(C)C)C(=CC=CC1=[N+](CCCS(=O)(=O)O)c2cc(C)ccc2C1(C)CCCC(C)C)C=C(C(C)(C)C)O3. The van der Waals surface area contributed by atoms with Crippen LogP contribution in [0, 0.1) is 18.3 Å². The minimum atomic E-state index is -4.06. The van der Waals surface area contributed by atoms with Gasteiger partial charge in [-0.15, -0.1) is 0 Å². The van der Waals surface area contributed by atoms with Gasteiger partial charge in [0, 0.05) is 59.0 Å². The summed E-state index contributed by atoms with van der Waals surface area (Å²) in [6, 6.07) is 11.2. The highest BCUT2D eigenvalue weighted by molar-refractivity contribution is 7.85. The Morgan fingerprint density at radius 3 is 2.40 bits per heavy atom. The topological polar surface area (TPSA) is 69.9 Å². The molecule has 3 aliphatic heterocycles. The summed E-state index contributed by atoms with van der Waals surface area (Å²) in [7, 11) is -4.06. The Bertz CT molecular complexity index is 1920. The van der Waals surface area contributed by atoms with Crippen LogP contribution >= 0.6 is 0 Å². The third-order valence-corrected chi connectivity index (χ3v) is 11.4. The third kappa shape index (κ3) is 7.74. The van der Waals surface area contributed by atoms with Crippen molar-refractivity contribution in [2.45, 2.75) is 113 Å². The Morgan fingerprint density at radius 1 is 1.04 bits per heavy atom. The lowest BCUT2D eigenvalue weighted by molar-refractivity contribution is -0.437. The van der Waals surface area contributed by atoms with Gasteiger partial charge in [0.1, 0.15) is 18.1 Å². The molecular formula is C43H59N2O4S+. The van der Waals surface area contributed by atoms with Crippen molar-refractivity contribution >= 4 is 38.4 Å². The van der Waals surface area contributed by atoms with Gasteiger partial charge >= 0.3 is 0 Å². The number of ether oxygens (including phenoxy) is 1. The van der Waals surface area contributed by atoms with Crippen molar-refractivity contribution in [1.82, 2.24) is 0 Å². The minimum absolute atomic E-state index is 0.0947. The normalized spacial score (nSPS) is 21.0. The second-order valence-corrected chi connectivity index (χ2v) is 18.3. The molecule has 0 aliphatic carbocycles.